The number of hydrogen-bond donors (Lipinski definition) is 0. The number of aryl methyl sites for hydroxylation is 1. The van der Waals surface area contributed by atoms with Gasteiger partial charge in [-0.15, -0.1) is 11.8 Å². The molecule has 114 valence electrons. The van der Waals surface area contributed by atoms with Crippen LogP contribution in [0.15, 0.2) is 53.1 Å². The molecule has 0 N–H and O–H groups in total. The van der Waals surface area contributed by atoms with Gasteiger partial charge >= 0.3 is 0 Å². The first-order valence-electron chi connectivity index (χ1n) is 7.25. The number of aromatic nitrogens is 2. The van der Waals surface area contributed by atoms with Crippen molar-refractivity contribution in [1.82, 2.24) is 9.38 Å². The number of rotatable bonds is 1. The Morgan fingerprint density at radius 3 is 3.04 bits per heavy atom. The zero-order chi connectivity index (χ0) is 16.0. The van der Waals surface area contributed by atoms with Crippen LogP contribution < -0.4 is 0 Å². The molecule has 0 bridgehead atoms. The molecule has 0 amide bonds. The molecule has 5 heteroatoms. The highest BCUT2D eigenvalue weighted by Crippen LogP contribution is 2.35. The summed E-state index contributed by atoms with van der Waals surface area (Å²) in [5.74, 6) is 1.60. The van der Waals surface area contributed by atoms with E-state index in [1.807, 2.05) is 53.9 Å². The minimum Gasteiger partial charge on any atom is -0.303 e. The fraction of sp³-hybridized carbons (Fsp3) is 0.111. The first-order chi connectivity index (χ1) is 11.1. The predicted octanol–water partition coefficient (Wildman–Crippen LogP) is 4.67. The molecule has 1 aliphatic rings. The van der Waals surface area contributed by atoms with Crippen LogP contribution in [0.3, 0.4) is 0 Å². The van der Waals surface area contributed by atoms with Crippen molar-refractivity contribution in [2.45, 2.75) is 11.8 Å². The molecule has 1 aliphatic heterocycles. The van der Waals surface area contributed by atoms with Crippen LogP contribution in [-0.4, -0.2) is 20.9 Å². The lowest BCUT2D eigenvalue weighted by molar-refractivity contribution is 0.103. The summed E-state index contributed by atoms with van der Waals surface area (Å²) < 4.78 is 2.03. The molecule has 0 saturated carbocycles. The summed E-state index contributed by atoms with van der Waals surface area (Å²) in [5, 5.41) is 0.585. The Kier molecular flexibility index (Phi) is 3.51. The second-order valence-electron chi connectivity index (χ2n) is 5.43. The average molecular weight is 341 g/mol. The van der Waals surface area contributed by atoms with Gasteiger partial charge in [-0.3, -0.25) is 4.79 Å². The third kappa shape index (κ3) is 2.48. The SMILES string of the molecule is Cc1nc(/C=C2\CSc3ccc(Cl)cc3C2=O)c2ccccn12. The molecule has 1 aromatic carbocycles. The number of halogens is 1. The van der Waals surface area contributed by atoms with Gasteiger partial charge in [0.2, 0.25) is 0 Å². The number of carbonyl (C=O) groups is 1. The lowest BCUT2D eigenvalue weighted by Crippen LogP contribution is -2.12. The molecule has 0 fully saturated rings. The number of hydrogen-bond acceptors (Lipinski definition) is 3. The van der Waals surface area contributed by atoms with Gasteiger partial charge < -0.3 is 4.40 Å². The summed E-state index contributed by atoms with van der Waals surface area (Å²) in [4.78, 5) is 18.3. The molecule has 3 aromatic rings. The predicted molar refractivity (Wildman–Crippen MR) is 94.4 cm³/mol. The molecule has 0 spiro atoms. The molecule has 23 heavy (non-hydrogen) atoms. The topological polar surface area (TPSA) is 34.4 Å². The van der Waals surface area contributed by atoms with Crippen LogP contribution in [0, 0.1) is 6.92 Å². The molecule has 3 nitrogen and oxygen atoms in total. The monoisotopic (exact) mass is 340 g/mol. The maximum absolute atomic E-state index is 12.7. The Labute approximate surface area is 143 Å². The largest absolute Gasteiger partial charge is 0.303 e. The van der Waals surface area contributed by atoms with E-state index in [4.69, 9.17) is 11.6 Å². The lowest BCUT2D eigenvalue weighted by Gasteiger charge is -2.16. The Balaban J connectivity index is 1.81. The van der Waals surface area contributed by atoms with Gasteiger partial charge in [0, 0.05) is 33.0 Å². The smallest absolute Gasteiger partial charge is 0.191 e. The Hall–Kier alpha value is -2.04. The number of imidazole rings is 1. The van der Waals surface area contributed by atoms with Crippen LogP contribution in [0.2, 0.25) is 5.02 Å². The van der Waals surface area contributed by atoms with E-state index in [0.717, 1.165) is 27.5 Å². The van der Waals surface area contributed by atoms with E-state index in [1.54, 1.807) is 17.8 Å². The quantitative estimate of drug-likeness (QED) is 0.604. The maximum Gasteiger partial charge on any atom is 0.191 e. The Morgan fingerprint density at radius 2 is 2.17 bits per heavy atom. The molecule has 2 aromatic heterocycles. The van der Waals surface area contributed by atoms with Crippen molar-refractivity contribution in [3.8, 4) is 0 Å². The second kappa shape index (κ2) is 5.55. The van der Waals surface area contributed by atoms with E-state index >= 15 is 0 Å². The molecule has 4 rings (SSSR count). The van der Waals surface area contributed by atoms with Crippen LogP contribution >= 0.6 is 23.4 Å². The first-order valence-corrected chi connectivity index (χ1v) is 8.61. The minimum atomic E-state index is 0.0379. The minimum absolute atomic E-state index is 0.0379. The summed E-state index contributed by atoms with van der Waals surface area (Å²) in [6, 6.07) is 11.4. The van der Waals surface area contributed by atoms with Gasteiger partial charge in [0.1, 0.15) is 5.82 Å². The highest BCUT2D eigenvalue weighted by Gasteiger charge is 2.23. The van der Waals surface area contributed by atoms with E-state index in [0.29, 0.717) is 16.3 Å². The van der Waals surface area contributed by atoms with Gasteiger partial charge in [0.05, 0.1) is 11.2 Å². The fourth-order valence-electron chi connectivity index (χ4n) is 2.80. The number of ketones is 1. The number of thioether (sulfide) groups is 1. The summed E-state index contributed by atoms with van der Waals surface area (Å²) in [6.45, 7) is 1.96. The van der Waals surface area contributed by atoms with E-state index < -0.39 is 0 Å². The van der Waals surface area contributed by atoms with Crippen molar-refractivity contribution >= 4 is 40.7 Å². The van der Waals surface area contributed by atoms with Crippen LogP contribution in [-0.2, 0) is 0 Å². The van der Waals surface area contributed by atoms with Crippen LogP contribution in [0.1, 0.15) is 21.9 Å². The molecule has 0 aliphatic carbocycles. The van der Waals surface area contributed by atoms with E-state index in [1.165, 1.54) is 0 Å². The fourth-order valence-corrected chi connectivity index (χ4v) is 3.97. The van der Waals surface area contributed by atoms with Gasteiger partial charge in [-0.1, -0.05) is 17.7 Å². The third-order valence-corrected chi connectivity index (χ3v) is 5.28. The van der Waals surface area contributed by atoms with E-state index in [9.17, 15) is 4.79 Å². The second-order valence-corrected chi connectivity index (χ2v) is 6.88. The molecule has 3 heterocycles. The van der Waals surface area contributed by atoms with E-state index in [-0.39, 0.29) is 5.78 Å². The van der Waals surface area contributed by atoms with Crippen molar-refractivity contribution in [3.05, 3.63) is 70.3 Å². The standard InChI is InChI=1S/C18H13ClN2OS/c1-11-20-15(16-4-2-3-7-21(11)16)8-12-10-23-17-6-5-13(19)9-14(17)18(12)22/h2-9H,10H2,1H3/b12-8+. The van der Waals surface area contributed by atoms with Crippen molar-refractivity contribution < 1.29 is 4.79 Å². The highest BCUT2D eigenvalue weighted by atomic mass is 35.5. The third-order valence-electron chi connectivity index (χ3n) is 3.93. The normalized spacial score (nSPS) is 16.1. The molecule has 0 radical (unpaired) electrons. The van der Waals surface area contributed by atoms with Crippen LogP contribution in [0.25, 0.3) is 11.6 Å². The maximum atomic E-state index is 12.7. The zero-order valence-corrected chi connectivity index (χ0v) is 14.0. The zero-order valence-electron chi connectivity index (χ0n) is 12.4. The summed E-state index contributed by atoms with van der Waals surface area (Å²) in [7, 11) is 0. The average Bonchev–Trinajstić information content (AvgIpc) is 2.87. The summed E-state index contributed by atoms with van der Waals surface area (Å²) >= 11 is 7.69. The molecular weight excluding hydrogens is 328 g/mol. The molecular formula is C18H13ClN2OS. The van der Waals surface area contributed by atoms with Crippen molar-refractivity contribution in [2.24, 2.45) is 0 Å². The highest BCUT2D eigenvalue weighted by molar-refractivity contribution is 7.99. The first kappa shape index (κ1) is 14.5. The Bertz CT molecular complexity index is 974. The van der Waals surface area contributed by atoms with Gasteiger partial charge in [0.15, 0.2) is 5.78 Å². The van der Waals surface area contributed by atoms with Gasteiger partial charge in [0.25, 0.3) is 0 Å². The Morgan fingerprint density at radius 1 is 1.30 bits per heavy atom. The number of fused-ring (bicyclic) bond motifs is 2. The number of carbonyl (C=O) groups excluding carboxylic acids is 1. The van der Waals surface area contributed by atoms with Crippen LogP contribution in [0.5, 0.6) is 0 Å². The number of nitrogens with zero attached hydrogens (tertiary/aromatic N) is 2. The summed E-state index contributed by atoms with van der Waals surface area (Å²) in [6.07, 6.45) is 3.88. The summed E-state index contributed by atoms with van der Waals surface area (Å²) in [5.41, 5.74) is 3.28. The number of pyridine rings is 1. The molecule has 0 atom stereocenters. The lowest BCUT2D eigenvalue weighted by atomic mass is 10.0. The van der Waals surface area contributed by atoms with Gasteiger partial charge in [-0.05, 0) is 43.3 Å². The molecule has 0 saturated heterocycles. The van der Waals surface area contributed by atoms with Crippen LogP contribution in [0.4, 0.5) is 0 Å². The van der Waals surface area contributed by atoms with Crippen molar-refractivity contribution in [3.63, 3.8) is 0 Å². The van der Waals surface area contributed by atoms with Gasteiger partial charge in [-0.25, -0.2) is 4.98 Å². The van der Waals surface area contributed by atoms with Gasteiger partial charge in [-0.2, -0.15) is 0 Å². The van der Waals surface area contributed by atoms with Crippen molar-refractivity contribution in [1.29, 1.82) is 0 Å². The number of Topliss-reactive ketones (excluding diaryl/α,β-unsaturated/α-hetero) is 1. The number of benzene rings is 1. The molecule has 0 unspecified atom stereocenters. The van der Waals surface area contributed by atoms with E-state index in [2.05, 4.69) is 4.98 Å². The van der Waals surface area contributed by atoms with Crippen molar-refractivity contribution in [2.75, 3.05) is 5.75 Å².